The molecule has 0 aliphatic heterocycles. The third-order valence-corrected chi connectivity index (χ3v) is 5.16. The van der Waals surface area contributed by atoms with Crippen molar-refractivity contribution in [2.24, 2.45) is 11.5 Å². The molecule has 6 N–H and O–H groups in total. The molecule has 5 nitrogen and oxygen atoms in total. The molecule has 0 aliphatic carbocycles. The second-order valence-corrected chi connectivity index (χ2v) is 6.07. The first kappa shape index (κ1) is 18.1. The van der Waals surface area contributed by atoms with Crippen LogP contribution in [0.1, 0.15) is 20.7 Å². The van der Waals surface area contributed by atoms with Gasteiger partial charge in [0, 0.05) is 33.1 Å². The van der Waals surface area contributed by atoms with Crippen LogP contribution in [0.5, 0.6) is 0 Å². The van der Waals surface area contributed by atoms with E-state index in [0.717, 1.165) is 0 Å². The van der Waals surface area contributed by atoms with Crippen LogP contribution in [0, 0.1) is 10.7 Å². The van der Waals surface area contributed by atoms with Gasteiger partial charge in [-0.1, -0.05) is 0 Å². The maximum Gasteiger partial charge on any atom is 0.250 e. The van der Waals surface area contributed by atoms with Gasteiger partial charge in [-0.25, -0.2) is 0 Å². The number of benzene rings is 1. The van der Waals surface area contributed by atoms with E-state index >= 15 is 0 Å². The van der Waals surface area contributed by atoms with Crippen LogP contribution in [0.3, 0.4) is 0 Å². The van der Waals surface area contributed by atoms with Crippen molar-refractivity contribution in [1.82, 2.24) is 0 Å². The van der Waals surface area contributed by atoms with Crippen molar-refractivity contribution in [3.05, 3.63) is 21.8 Å². The zero-order chi connectivity index (χ0) is 12.6. The molecular formula is C8H6I3N3NaO2. The van der Waals surface area contributed by atoms with Crippen LogP contribution >= 0.6 is 67.8 Å². The SMILES string of the molecule is NC(=O)c1c(I)c(N)c(I)c(C(N)=O)c1I.[Na]. The standard InChI is InChI=1S/C8H6I3N3O2.Na/c9-3-1(7(13)15)4(10)6(12)5(11)2(3)8(14)16;/h12H2,(H2,13,15)(H2,14,16);. The summed E-state index contributed by atoms with van der Waals surface area (Å²) in [5.74, 6) is -1.25. The van der Waals surface area contributed by atoms with E-state index in [1.807, 2.05) is 67.8 Å². The molecule has 0 spiro atoms. The second kappa shape index (κ2) is 7.07. The fourth-order valence-corrected chi connectivity index (χ4v) is 5.35. The third-order valence-electron chi connectivity index (χ3n) is 1.84. The molecule has 0 aromatic heterocycles. The molecule has 1 rings (SSSR count). The van der Waals surface area contributed by atoms with Crippen LogP contribution in [0.25, 0.3) is 0 Å². The van der Waals surface area contributed by atoms with E-state index in [0.29, 0.717) is 16.4 Å². The van der Waals surface area contributed by atoms with Gasteiger partial charge in [0.15, 0.2) is 0 Å². The smallest absolute Gasteiger partial charge is 0.250 e. The summed E-state index contributed by atoms with van der Waals surface area (Å²) in [6.45, 7) is 0. The Balaban J connectivity index is 0.00000256. The van der Waals surface area contributed by atoms with E-state index in [1.165, 1.54) is 0 Å². The molecule has 87 valence electrons. The van der Waals surface area contributed by atoms with E-state index < -0.39 is 11.8 Å². The molecule has 0 aliphatic rings. The first-order valence-electron chi connectivity index (χ1n) is 3.84. The maximum absolute atomic E-state index is 11.3. The van der Waals surface area contributed by atoms with Gasteiger partial charge < -0.3 is 17.2 Å². The zero-order valence-electron chi connectivity index (χ0n) is 8.68. The molecule has 0 fully saturated rings. The minimum Gasteiger partial charge on any atom is -0.397 e. The third kappa shape index (κ3) is 3.58. The van der Waals surface area contributed by atoms with E-state index in [9.17, 15) is 9.59 Å². The maximum atomic E-state index is 11.3. The van der Waals surface area contributed by atoms with Crippen molar-refractivity contribution in [3.63, 3.8) is 0 Å². The zero-order valence-corrected chi connectivity index (χ0v) is 17.2. The van der Waals surface area contributed by atoms with Gasteiger partial charge in [-0.2, -0.15) is 0 Å². The molecule has 1 aromatic rings. The number of anilines is 1. The van der Waals surface area contributed by atoms with E-state index in [-0.39, 0.29) is 40.7 Å². The molecule has 17 heavy (non-hydrogen) atoms. The van der Waals surface area contributed by atoms with Crippen molar-refractivity contribution in [2.75, 3.05) is 5.73 Å². The van der Waals surface area contributed by atoms with Gasteiger partial charge in [0.2, 0.25) is 0 Å². The Morgan fingerprint density at radius 3 is 1.35 bits per heavy atom. The molecule has 1 radical (unpaired) electrons. The Labute approximate surface area is 161 Å². The number of halogens is 3. The van der Waals surface area contributed by atoms with Gasteiger partial charge in [-0.05, 0) is 67.8 Å². The van der Waals surface area contributed by atoms with Crippen molar-refractivity contribution < 1.29 is 9.59 Å². The summed E-state index contributed by atoms with van der Waals surface area (Å²) >= 11 is 5.72. The largest absolute Gasteiger partial charge is 0.397 e. The normalized spacial score (nSPS) is 9.59. The van der Waals surface area contributed by atoms with Crippen LogP contribution in [-0.4, -0.2) is 41.4 Å². The minimum atomic E-state index is -0.626. The number of hydrogen-bond donors (Lipinski definition) is 3. The van der Waals surface area contributed by atoms with Crippen molar-refractivity contribution in [3.8, 4) is 0 Å². The number of carbonyl (C=O) groups is 2. The average Bonchev–Trinajstić information content (AvgIpc) is 2.13. The van der Waals surface area contributed by atoms with Crippen molar-refractivity contribution in [1.29, 1.82) is 0 Å². The van der Waals surface area contributed by atoms with Crippen LogP contribution in [-0.2, 0) is 0 Å². The summed E-state index contributed by atoms with van der Waals surface area (Å²) < 4.78 is 1.54. The Morgan fingerprint density at radius 1 is 0.824 bits per heavy atom. The molecule has 0 atom stereocenters. The number of nitrogens with two attached hydrogens (primary N) is 3. The number of amides is 2. The summed E-state index contributed by atoms with van der Waals surface area (Å²) in [6, 6.07) is 0. The van der Waals surface area contributed by atoms with Gasteiger partial charge in [-0.15, -0.1) is 0 Å². The van der Waals surface area contributed by atoms with E-state index in [1.54, 1.807) is 0 Å². The van der Waals surface area contributed by atoms with Gasteiger partial charge in [0.25, 0.3) is 11.8 Å². The Kier molecular flexibility index (Phi) is 7.55. The first-order chi connectivity index (χ1) is 7.29. The Bertz CT molecular complexity index is 466. The molecule has 0 saturated heterocycles. The summed E-state index contributed by atoms with van der Waals surface area (Å²) in [5, 5.41) is 0. The molecule has 1 aromatic carbocycles. The molecule has 0 unspecified atom stereocenters. The average molecular weight is 580 g/mol. The fraction of sp³-hybridized carbons (Fsp3) is 0. The molecule has 0 bridgehead atoms. The number of primary amides is 2. The molecule has 0 heterocycles. The van der Waals surface area contributed by atoms with Crippen LogP contribution < -0.4 is 17.2 Å². The molecule has 2 amide bonds. The predicted molar refractivity (Wildman–Crippen MR) is 91.8 cm³/mol. The van der Waals surface area contributed by atoms with Crippen molar-refractivity contribution in [2.45, 2.75) is 0 Å². The number of rotatable bonds is 2. The van der Waals surface area contributed by atoms with Gasteiger partial charge in [0.05, 0.1) is 24.0 Å². The predicted octanol–water partition coefficient (Wildman–Crippen LogP) is 0.900. The monoisotopic (exact) mass is 580 g/mol. The van der Waals surface area contributed by atoms with Gasteiger partial charge in [0.1, 0.15) is 0 Å². The summed E-state index contributed by atoms with van der Waals surface area (Å²) in [4.78, 5) is 22.6. The second-order valence-electron chi connectivity index (χ2n) is 2.83. The quantitative estimate of drug-likeness (QED) is 0.275. The van der Waals surface area contributed by atoms with Crippen LogP contribution in [0.4, 0.5) is 5.69 Å². The van der Waals surface area contributed by atoms with E-state index in [4.69, 9.17) is 17.2 Å². The number of nitrogen functional groups attached to an aromatic ring is 1. The Morgan fingerprint density at radius 2 is 1.12 bits per heavy atom. The summed E-state index contributed by atoms with van der Waals surface area (Å²) in [5.41, 5.74) is 17.1. The molecule has 9 heteroatoms. The van der Waals surface area contributed by atoms with Crippen LogP contribution in [0.15, 0.2) is 0 Å². The minimum absolute atomic E-state index is 0. The molecule has 0 saturated carbocycles. The molecular weight excluding hydrogens is 574 g/mol. The Hall–Kier alpha value is 1.15. The number of carbonyl (C=O) groups excluding carboxylic acids is 2. The fourth-order valence-electron chi connectivity index (χ4n) is 1.12. The summed E-state index contributed by atoms with van der Waals surface area (Å²) in [7, 11) is 0. The summed E-state index contributed by atoms with van der Waals surface area (Å²) in [6.07, 6.45) is 0. The van der Waals surface area contributed by atoms with Crippen LogP contribution in [0.2, 0.25) is 0 Å². The van der Waals surface area contributed by atoms with Gasteiger partial charge >= 0.3 is 0 Å². The topological polar surface area (TPSA) is 112 Å². The first-order valence-corrected chi connectivity index (χ1v) is 7.08. The van der Waals surface area contributed by atoms with E-state index in [2.05, 4.69) is 0 Å². The van der Waals surface area contributed by atoms with Crippen molar-refractivity contribution >= 4 is 115 Å². The number of hydrogen-bond acceptors (Lipinski definition) is 3. The van der Waals surface area contributed by atoms with Gasteiger partial charge in [-0.3, -0.25) is 9.59 Å².